The van der Waals surface area contributed by atoms with Crippen LogP contribution >= 0.6 is 0 Å². The standard InChI is InChI=1S/C20H22N2O5/c1-13-7-8-14(2)17(11-13)26-10-9-19(24)27-12-18(23)22-16-6-4-3-5-15(16)20(21)25/h3-8,11H,9-10,12H2,1-2H3,(H2,21,25)(H,22,23). The summed E-state index contributed by atoms with van der Waals surface area (Å²) in [6.07, 6.45) is 0.0124. The van der Waals surface area contributed by atoms with Crippen molar-refractivity contribution in [3.05, 3.63) is 59.2 Å². The molecule has 27 heavy (non-hydrogen) atoms. The van der Waals surface area contributed by atoms with Gasteiger partial charge in [-0.25, -0.2) is 0 Å². The quantitative estimate of drug-likeness (QED) is 0.694. The highest BCUT2D eigenvalue weighted by atomic mass is 16.5. The van der Waals surface area contributed by atoms with Crippen LogP contribution in [-0.4, -0.2) is 31.0 Å². The molecule has 0 aliphatic carbocycles. The topological polar surface area (TPSA) is 108 Å². The number of nitrogens with one attached hydrogen (secondary N) is 1. The van der Waals surface area contributed by atoms with Crippen LogP contribution in [0.5, 0.6) is 5.75 Å². The van der Waals surface area contributed by atoms with Crippen molar-refractivity contribution >= 4 is 23.5 Å². The van der Waals surface area contributed by atoms with Crippen LogP contribution < -0.4 is 15.8 Å². The number of benzene rings is 2. The number of hydrogen-bond donors (Lipinski definition) is 2. The fourth-order valence-electron chi connectivity index (χ4n) is 2.32. The van der Waals surface area contributed by atoms with Gasteiger partial charge in [0.2, 0.25) is 0 Å². The number of anilines is 1. The Kier molecular flexibility index (Phi) is 6.93. The van der Waals surface area contributed by atoms with Gasteiger partial charge in [-0.2, -0.15) is 0 Å². The van der Waals surface area contributed by atoms with Gasteiger partial charge in [0, 0.05) is 0 Å². The average molecular weight is 370 g/mol. The molecule has 142 valence electrons. The molecular formula is C20H22N2O5. The molecule has 0 aromatic heterocycles. The summed E-state index contributed by atoms with van der Waals surface area (Å²) in [7, 11) is 0. The van der Waals surface area contributed by atoms with Gasteiger partial charge in [0.15, 0.2) is 6.61 Å². The second-order valence-corrected chi connectivity index (χ2v) is 5.99. The first-order valence-electron chi connectivity index (χ1n) is 8.41. The van der Waals surface area contributed by atoms with Crippen molar-refractivity contribution in [1.82, 2.24) is 0 Å². The number of carbonyl (C=O) groups excluding carboxylic acids is 3. The van der Waals surface area contributed by atoms with E-state index in [9.17, 15) is 14.4 Å². The Morgan fingerprint density at radius 2 is 1.81 bits per heavy atom. The third-order valence-electron chi connectivity index (χ3n) is 3.74. The van der Waals surface area contributed by atoms with Crippen molar-refractivity contribution in [2.24, 2.45) is 5.73 Å². The van der Waals surface area contributed by atoms with Crippen molar-refractivity contribution in [3.8, 4) is 5.75 Å². The summed E-state index contributed by atoms with van der Waals surface area (Å²) in [5.41, 5.74) is 7.73. The molecule has 0 saturated heterocycles. The minimum Gasteiger partial charge on any atom is -0.493 e. The van der Waals surface area contributed by atoms with E-state index >= 15 is 0 Å². The first-order valence-corrected chi connectivity index (χ1v) is 8.41. The molecule has 2 aromatic carbocycles. The maximum atomic E-state index is 11.9. The van der Waals surface area contributed by atoms with Crippen molar-refractivity contribution in [1.29, 1.82) is 0 Å². The minimum absolute atomic E-state index is 0.0124. The van der Waals surface area contributed by atoms with Gasteiger partial charge in [-0.1, -0.05) is 24.3 Å². The minimum atomic E-state index is -0.661. The van der Waals surface area contributed by atoms with E-state index in [0.717, 1.165) is 11.1 Å². The lowest BCUT2D eigenvalue weighted by Gasteiger charge is -2.11. The second kappa shape index (κ2) is 9.38. The monoisotopic (exact) mass is 370 g/mol. The maximum absolute atomic E-state index is 11.9. The van der Waals surface area contributed by atoms with Gasteiger partial charge < -0.3 is 20.5 Å². The highest BCUT2D eigenvalue weighted by molar-refractivity contribution is 6.03. The fraction of sp³-hybridized carbons (Fsp3) is 0.250. The number of nitrogens with two attached hydrogens (primary N) is 1. The van der Waals surface area contributed by atoms with Crippen LogP contribution in [0.25, 0.3) is 0 Å². The molecule has 0 atom stereocenters. The van der Waals surface area contributed by atoms with Crippen LogP contribution in [0.15, 0.2) is 42.5 Å². The van der Waals surface area contributed by atoms with Crippen molar-refractivity contribution in [2.75, 3.05) is 18.5 Å². The molecule has 0 heterocycles. The summed E-state index contributed by atoms with van der Waals surface area (Å²) in [5.74, 6) is -1.07. The van der Waals surface area contributed by atoms with Crippen molar-refractivity contribution in [3.63, 3.8) is 0 Å². The third kappa shape index (κ3) is 6.14. The fourth-order valence-corrected chi connectivity index (χ4v) is 2.32. The number of carbonyl (C=O) groups is 3. The number of hydrogen-bond acceptors (Lipinski definition) is 5. The number of para-hydroxylation sites is 1. The Hall–Kier alpha value is -3.35. The SMILES string of the molecule is Cc1ccc(C)c(OCCC(=O)OCC(=O)Nc2ccccc2C(N)=O)c1. The predicted octanol–water partition coefficient (Wildman–Crippen LogP) is 2.35. The number of amides is 2. The Morgan fingerprint density at radius 3 is 2.56 bits per heavy atom. The van der Waals surface area contributed by atoms with E-state index in [0.29, 0.717) is 5.75 Å². The largest absolute Gasteiger partial charge is 0.493 e. The molecular weight excluding hydrogens is 348 g/mol. The molecule has 0 aliphatic rings. The van der Waals surface area contributed by atoms with E-state index in [4.69, 9.17) is 15.2 Å². The normalized spacial score (nSPS) is 10.1. The van der Waals surface area contributed by atoms with E-state index in [1.807, 2.05) is 32.0 Å². The molecule has 0 saturated carbocycles. The van der Waals surface area contributed by atoms with Gasteiger partial charge in [-0.05, 0) is 43.2 Å². The first-order chi connectivity index (χ1) is 12.9. The Morgan fingerprint density at radius 1 is 1.07 bits per heavy atom. The number of esters is 1. The van der Waals surface area contributed by atoms with Crippen LogP contribution in [-0.2, 0) is 14.3 Å². The van der Waals surface area contributed by atoms with E-state index < -0.39 is 24.4 Å². The Labute approximate surface area is 157 Å². The lowest BCUT2D eigenvalue weighted by atomic mass is 10.1. The zero-order chi connectivity index (χ0) is 19.8. The molecule has 0 spiro atoms. The molecule has 2 amide bonds. The third-order valence-corrected chi connectivity index (χ3v) is 3.74. The highest BCUT2D eigenvalue weighted by Gasteiger charge is 2.12. The zero-order valence-corrected chi connectivity index (χ0v) is 15.3. The lowest BCUT2D eigenvalue weighted by molar-refractivity contribution is -0.147. The summed E-state index contributed by atoms with van der Waals surface area (Å²) in [4.78, 5) is 35.0. The number of aryl methyl sites for hydroxylation is 2. The summed E-state index contributed by atoms with van der Waals surface area (Å²) in [6, 6.07) is 12.1. The Balaban J connectivity index is 1.76. The van der Waals surface area contributed by atoms with Gasteiger partial charge in [-0.3, -0.25) is 14.4 Å². The molecule has 7 heteroatoms. The van der Waals surface area contributed by atoms with Crippen LogP contribution in [0.1, 0.15) is 27.9 Å². The first kappa shape index (κ1) is 20.0. The highest BCUT2D eigenvalue weighted by Crippen LogP contribution is 2.19. The van der Waals surface area contributed by atoms with Gasteiger partial charge >= 0.3 is 5.97 Å². The smallest absolute Gasteiger partial charge is 0.309 e. The van der Waals surface area contributed by atoms with Crippen LogP contribution in [0.4, 0.5) is 5.69 Å². The van der Waals surface area contributed by atoms with E-state index in [1.165, 1.54) is 12.1 Å². The molecule has 2 aromatic rings. The van der Waals surface area contributed by atoms with Gasteiger partial charge in [-0.15, -0.1) is 0 Å². The van der Waals surface area contributed by atoms with Crippen LogP contribution in [0.2, 0.25) is 0 Å². The molecule has 3 N–H and O–H groups in total. The van der Waals surface area contributed by atoms with Gasteiger partial charge in [0.1, 0.15) is 5.75 Å². The molecule has 0 radical (unpaired) electrons. The summed E-state index contributed by atoms with van der Waals surface area (Å²) in [5, 5.41) is 2.49. The van der Waals surface area contributed by atoms with E-state index in [-0.39, 0.29) is 24.3 Å². The van der Waals surface area contributed by atoms with Gasteiger partial charge in [0.05, 0.1) is 24.3 Å². The maximum Gasteiger partial charge on any atom is 0.309 e. The van der Waals surface area contributed by atoms with Gasteiger partial charge in [0.25, 0.3) is 11.8 Å². The van der Waals surface area contributed by atoms with Crippen LogP contribution in [0, 0.1) is 13.8 Å². The van der Waals surface area contributed by atoms with Crippen LogP contribution in [0.3, 0.4) is 0 Å². The van der Waals surface area contributed by atoms with Crippen molar-refractivity contribution in [2.45, 2.75) is 20.3 Å². The summed E-state index contributed by atoms with van der Waals surface area (Å²) < 4.78 is 10.5. The number of ether oxygens (including phenoxy) is 2. The lowest BCUT2D eigenvalue weighted by Crippen LogP contribution is -2.23. The molecule has 0 unspecified atom stereocenters. The summed E-state index contributed by atoms with van der Waals surface area (Å²) in [6.45, 7) is 3.56. The molecule has 7 nitrogen and oxygen atoms in total. The average Bonchev–Trinajstić information content (AvgIpc) is 2.63. The van der Waals surface area contributed by atoms with E-state index in [2.05, 4.69) is 5.32 Å². The number of rotatable bonds is 8. The number of primary amides is 1. The second-order valence-electron chi connectivity index (χ2n) is 5.99. The van der Waals surface area contributed by atoms with E-state index in [1.54, 1.807) is 12.1 Å². The molecule has 0 aliphatic heterocycles. The molecule has 2 rings (SSSR count). The predicted molar refractivity (Wildman–Crippen MR) is 101 cm³/mol. The Bertz CT molecular complexity index is 848. The summed E-state index contributed by atoms with van der Waals surface area (Å²) >= 11 is 0. The zero-order valence-electron chi connectivity index (χ0n) is 15.3. The molecule has 0 bridgehead atoms. The van der Waals surface area contributed by atoms with Crippen molar-refractivity contribution < 1.29 is 23.9 Å². The molecule has 0 fully saturated rings.